The van der Waals surface area contributed by atoms with E-state index < -0.39 is 0 Å². The number of hydrazine groups is 1. The predicted octanol–water partition coefficient (Wildman–Crippen LogP) is 0.899. The Bertz CT molecular complexity index is 393. The predicted molar refractivity (Wildman–Crippen MR) is 59.5 cm³/mol. The fraction of sp³-hybridized carbons (Fsp3) is 0.364. The molecule has 2 heterocycles. The number of nitrogens with zero attached hydrogens (tertiary/aromatic N) is 1. The van der Waals surface area contributed by atoms with Crippen LogP contribution in [0.25, 0.3) is 0 Å². The van der Waals surface area contributed by atoms with Gasteiger partial charge in [-0.05, 0) is 18.2 Å². The fourth-order valence-corrected chi connectivity index (χ4v) is 1.76. The Morgan fingerprint density at radius 3 is 3.12 bits per heavy atom. The molecule has 86 valence electrons. The molecule has 16 heavy (non-hydrogen) atoms. The van der Waals surface area contributed by atoms with Gasteiger partial charge in [0.25, 0.3) is 0 Å². The van der Waals surface area contributed by atoms with Gasteiger partial charge in [0, 0.05) is 18.2 Å². The normalized spacial score (nSPS) is 16.5. The molecule has 0 saturated carbocycles. The fourth-order valence-electron chi connectivity index (χ4n) is 1.76. The summed E-state index contributed by atoms with van der Waals surface area (Å²) < 4.78 is 10.7. The topological polar surface area (TPSA) is 69.4 Å². The Kier molecular flexibility index (Phi) is 3.38. The third kappa shape index (κ3) is 2.00. The van der Waals surface area contributed by atoms with Gasteiger partial charge in [0.2, 0.25) is 5.88 Å². The monoisotopic (exact) mass is 221 g/mol. The summed E-state index contributed by atoms with van der Waals surface area (Å²) in [7, 11) is 1.59. The lowest BCUT2D eigenvalue weighted by molar-refractivity contribution is 0.214. The first kappa shape index (κ1) is 10.9. The molecular formula is C11H15N3O2. The molecule has 0 aliphatic carbocycles. The molecule has 3 N–H and O–H groups in total. The van der Waals surface area contributed by atoms with E-state index in [0.717, 1.165) is 17.7 Å². The first-order valence-corrected chi connectivity index (χ1v) is 5.14. The zero-order chi connectivity index (χ0) is 11.4. The Morgan fingerprint density at radius 1 is 1.62 bits per heavy atom. The van der Waals surface area contributed by atoms with E-state index in [0.29, 0.717) is 12.5 Å². The minimum Gasteiger partial charge on any atom is -0.496 e. The minimum atomic E-state index is -0.203. The van der Waals surface area contributed by atoms with Gasteiger partial charge in [0.15, 0.2) is 0 Å². The number of methoxy groups -OCH3 is 1. The molecule has 0 radical (unpaired) electrons. The summed E-state index contributed by atoms with van der Waals surface area (Å²) in [5.74, 6) is 6.94. The Morgan fingerprint density at radius 2 is 2.50 bits per heavy atom. The van der Waals surface area contributed by atoms with Crippen LogP contribution in [0.4, 0.5) is 0 Å². The van der Waals surface area contributed by atoms with Crippen LogP contribution in [0.3, 0.4) is 0 Å². The van der Waals surface area contributed by atoms with Crippen LogP contribution >= 0.6 is 0 Å². The molecule has 5 nitrogen and oxygen atoms in total. The quantitative estimate of drug-likeness (QED) is 0.584. The van der Waals surface area contributed by atoms with E-state index in [2.05, 4.69) is 10.4 Å². The molecular weight excluding hydrogens is 206 g/mol. The Hall–Kier alpha value is -1.59. The van der Waals surface area contributed by atoms with Crippen molar-refractivity contribution >= 4 is 0 Å². The van der Waals surface area contributed by atoms with Crippen LogP contribution in [-0.4, -0.2) is 18.7 Å². The highest BCUT2D eigenvalue weighted by atomic mass is 16.5. The highest BCUT2D eigenvalue weighted by Crippen LogP contribution is 2.30. The number of ether oxygens (including phenoxy) is 2. The Labute approximate surface area is 94.2 Å². The smallest absolute Gasteiger partial charge is 0.218 e. The highest BCUT2D eigenvalue weighted by molar-refractivity contribution is 5.34. The zero-order valence-electron chi connectivity index (χ0n) is 9.14. The second-order valence-corrected chi connectivity index (χ2v) is 3.45. The lowest BCUT2D eigenvalue weighted by Gasteiger charge is -2.18. The number of nitrogens with one attached hydrogen (secondary N) is 1. The third-order valence-electron chi connectivity index (χ3n) is 2.49. The number of nitrogens with two attached hydrogens (primary N) is 1. The molecule has 0 saturated heterocycles. The van der Waals surface area contributed by atoms with Gasteiger partial charge in [0.05, 0.1) is 13.7 Å². The van der Waals surface area contributed by atoms with Crippen molar-refractivity contribution in [2.75, 3.05) is 13.7 Å². The second-order valence-electron chi connectivity index (χ2n) is 3.45. The molecule has 0 aromatic carbocycles. The largest absolute Gasteiger partial charge is 0.496 e. The zero-order valence-corrected chi connectivity index (χ0v) is 9.14. The van der Waals surface area contributed by atoms with E-state index in [1.54, 1.807) is 13.3 Å². The minimum absolute atomic E-state index is 0.203. The van der Waals surface area contributed by atoms with Gasteiger partial charge in [-0.1, -0.05) is 0 Å². The first-order chi connectivity index (χ1) is 7.86. The van der Waals surface area contributed by atoms with Crippen molar-refractivity contribution in [1.29, 1.82) is 0 Å². The van der Waals surface area contributed by atoms with Crippen molar-refractivity contribution in [3.8, 4) is 5.88 Å². The average Bonchev–Trinajstić information content (AvgIpc) is 2.84. The van der Waals surface area contributed by atoms with Crippen LogP contribution < -0.4 is 16.0 Å². The molecule has 1 aromatic rings. The maximum absolute atomic E-state index is 5.55. The second kappa shape index (κ2) is 4.96. The van der Waals surface area contributed by atoms with Crippen molar-refractivity contribution in [3.05, 3.63) is 35.7 Å². The van der Waals surface area contributed by atoms with E-state index in [-0.39, 0.29) is 6.04 Å². The number of pyridine rings is 1. The van der Waals surface area contributed by atoms with E-state index in [1.165, 1.54) is 0 Å². The Balaban J connectivity index is 2.32. The summed E-state index contributed by atoms with van der Waals surface area (Å²) in [6.07, 6.45) is 4.62. The first-order valence-electron chi connectivity index (χ1n) is 5.14. The summed E-state index contributed by atoms with van der Waals surface area (Å²) in [6, 6.07) is 3.56. The van der Waals surface area contributed by atoms with E-state index in [4.69, 9.17) is 15.3 Å². The maximum Gasteiger partial charge on any atom is 0.218 e. The van der Waals surface area contributed by atoms with Gasteiger partial charge in [-0.3, -0.25) is 5.84 Å². The van der Waals surface area contributed by atoms with E-state index >= 15 is 0 Å². The molecule has 1 aliphatic heterocycles. The molecule has 1 atom stereocenters. The molecule has 1 aromatic heterocycles. The summed E-state index contributed by atoms with van der Waals surface area (Å²) in [6.45, 7) is 0.704. The molecule has 1 unspecified atom stereocenters. The molecule has 0 fully saturated rings. The van der Waals surface area contributed by atoms with Crippen LogP contribution in [0.1, 0.15) is 18.0 Å². The van der Waals surface area contributed by atoms with E-state index in [1.807, 2.05) is 18.2 Å². The number of rotatable bonds is 4. The molecule has 0 amide bonds. The molecule has 5 heteroatoms. The van der Waals surface area contributed by atoms with Gasteiger partial charge >= 0.3 is 0 Å². The van der Waals surface area contributed by atoms with Gasteiger partial charge in [-0.25, -0.2) is 10.4 Å². The van der Waals surface area contributed by atoms with Crippen LogP contribution in [0.5, 0.6) is 5.88 Å². The average molecular weight is 221 g/mol. The van der Waals surface area contributed by atoms with Gasteiger partial charge in [-0.2, -0.15) is 0 Å². The molecule has 2 rings (SSSR count). The van der Waals surface area contributed by atoms with Crippen LogP contribution in [-0.2, 0) is 4.74 Å². The highest BCUT2D eigenvalue weighted by Gasteiger charge is 2.23. The van der Waals surface area contributed by atoms with Gasteiger partial charge in [-0.15, -0.1) is 0 Å². The number of hydrogen-bond donors (Lipinski definition) is 2. The third-order valence-corrected chi connectivity index (χ3v) is 2.49. The van der Waals surface area contributed by atoms with Gasteiger partial charge < -0.3 is 9.47 Å². The number of hydrogen-bond acceptors (Lipinski definition) is 5. The standard InChI is InChI=1S/C11H15N3O2/c1-15-11-8(4-2-6-13-11)10(14-12)9-5-3-7-16-9/h2,4-6,10,14H,3,7,12H2,1H3. The summed E-state index contributed by atoms with van der Waals surface area (Å²) in [5, 5.41) is 0. The molecule has 0 bridgehead atoms. The van der Waals surface area contributed by atoms with Crippen LogP contribution in [0.2, 0.25) is 0 Å². The SMILES string of the molecule is COc1ncccc1C(NN)C1=CCCO1. The van der Waals surface area contributed by atoms with E-state index in [9.17, 15) is 0 Å². The maximum atomic E-state index is 5.55. The van der Waals surface area contributed by atoms with Crippen molar-refractivity contribution in [1.82, 2.24) is 10.4 Å². The lowest BCUT2D eigenvalue weighted by atomic mass is 10.1. The van der Waals surface area contributed by atoms with Crippen molar-refractivity contribution in [2.45, 2.75) is 12.5 Å². The summed E-state index contributed by atoms with van der Waals surface area (Å²) in [4.78, 5) is 4.14. The molecule has 0 spiro atoms. The van der Waals surface area contributed by atoms with Crippen LogP contribution in [0.15, 0.2) is 30.2 Å². The van der Waals surface area contributed by atoms with Crippen molar-refractivity contribution in [2.24, 2.45) is 5.84 Å². The number of aromatic nitrogens is 1. The lowest BCUT2D eigenvalue weighted by Crippen LogP contribution is -2.30. The van der Waals surface area contributed by atoms with Crippen molar-refractivity contribution < 1.29 is 9.47 Å². The van der Waals surface area contributed by atoms with Crippen molar-refractivity contribution in [3.63, 3.8) is 0 Å². The van der Waals surface area contributed by atoms with Crippen LogP contribution in [0, 0.1) is 0 Å². The molecule has 1 aliphatic rings. The van der Waals surface area contributed by atoms with Gasteiger partial charge in [0.1, 0.15) is 11.8 Å². The summed E-state index contributed by atoms with van der Waals surface area (Å²) in [5.41, 5.74) is 3.60. The summed E-state index contributed by atoms with van der Waals surface area (Å²) >= 11 is 0.